The molecule has 2 N–H and O–H groups in total. The highest BCUT2D eigenvalue weighted by molar-refractivity contribution is 7.89. The average molecular weight is 367 g/mol. The topological polar surface area (TPSA) is 92.3 Å². The Morgan fingerprint density at radius 3 is 2.26 bits per heavy atom. The second-order valence-electron chi connectivity index (χ2n) is 8.29. The highest BCUT2D eigenvalue weighted by atomic mass is 32.2. The Balaban J connectivity index is 2.29. The predicted octanol–water partition coefficient (Wildman–Crippen LogP) is 1.31. The molecule has 0 saturated heterocycles. The summed E-state index contributed by atoms with van der Waals surface area (Å²) in [6, 6.07) is -0.304. The highest BCUT2D eigenvalue weighted by Crippen LogP contribution is 2.66. The van der Waals surface area contributed by atoms with Crippen LogP contribution in [-0.4, -0.2) is 41.4 Å². The first kappa shape index (κ1) is 19.1. The van der Waals surface area contributed by atoms with Crippen molar-refractivity contribution in [1.29, 1.82) is 0 Å². The first-order valence-electron chi connectivity index (χ1n) is 8.24. The van der Waals surface area contributed by atoms with Crippen molar-refractivity contribution in [3.8, 4) is 0 Å². The first-order valence-corrected chi connectivity index (χ1v) is 11.8. The van der Waals surface area contributed by atoms with Crippen molar-refractivity contribution in [3.63, 3.8) is 0 Å². The zero-order valence-electron chi connectivity index (χ0n) is 14.7. The molecule has 2 aliphatic rings. The van der Waals surface area contributed by atoms with Crippen LogP contribution in [0.3, 0.4) is 0 Å². The molecule has 0 unspecified atom stereocenters. The summed E-state index contributed by atoms with van der Waals surface area (Å²) in [6.07, 6.45) is 3.58. The summed E-state index contributed by atoms with van der Waals surface area (Å²) in [5.41, 5.74) is -0.731. The van der Waals surface area contributed by atoms with Gasteiger partial charge in [-0.2, -0.15) is 0 Å². The molecular weight excluding hydrogens is 336 g/mol. The van der Waals surface area contributed by atoms with Gasteiger partial charge in [0.05, 0.1) is 12.0 Å². The molecule has 8 heteroatoms. The minimum Gasteiger partial charge on any atom is -0.215 e. The van der Waals surface area contributed by atoms with Crippen molar-refractivity contribution in [2.45, 2.75) is 53.0 Å². The number of rotatable bonds is 7. The Kier molecular flexibility index (Phi) is 4.97. The number of nitrogens with one attached hydrogen (secondary N) is 2. The predicted molar refractivity (Wildman–Crippen MR) is 92.0 cm³/mol. The Morgan fingerprint density at radius 2 is 1.78 bits per heavy atom. The summed E-state index contributed by atoms with van der Waals surface area (Å²) in [4.78, 5) is 0. The van der Waals surface area contributed by atoms with Crippen molar-refractivity contribution >= 4 is 20.0 Å². The quantitative estimate of drug-likeness (QED) is 0.710. The van der Waals surface area contributed by atoms with E-state index in [1.54, 1.807) is 0 Å². The maximum atomic E-state index is 12.6. The van der Waals surface area contributed by atoms with Crippen molar-refractivity contribution in [2.75, 3.05) is 18.6 Å². The second-order valence-corrected chi connectivity index (χ2v) is 11.9. The maximum Gasteiger partial charge on any atom is 0.212 e. The third-order valence-corrected chi connectivity index (χ3v) is 8.16. The molecule has 0 amide bonds. The van der Waals surface area contributed by atoms with E-state index < -0.39 is 25.5 Å². The molecule has 3 atom stereocenters. The fraction of sp³-hybridized carbons (Fsp3) is 1.00. The number of fused-ring (bicyclic) bond motifs is 2. The zero-order chi connectivity index (χ0) is 17.7. The smallest absolute Gasteiger partial charge is 0.212 e. The van der Waals surface area contributed by atoms with Gasteiger partial charge in [0, 0.05) is 18.0 Å². The van der Waals surface area contributed by atoms with E-state index in [1.807, 2.05) is 13.8 Å². The molecule has 23 heavy (non-hydrogen) atoms. The van der Waals surface area contributed by atoms with Crippen molar-refractivity contribution in [1.82, 2.24) is 9.44 Å². The van der Waals surface area contributed by atoms with E-state index in [9.17, 15) is 16.8 Å². The van der Waals surface area contributed by atoms with E-state index in [-0.39, 0.29) is 23.1 Å². The maximum absolute atomic E-state index is 12.6. The largest absolute Gasteiger partial charge is 0.215 e. The molecule has 0 aromatic carbocycles. The lowest BCUT2D eigenvalue weighted by Crippen LogP contribution is -2.53. The van der Waals surface area contributed by atoms with Gasteiger partial charge in [-0.3, -0.25) is 0 Å². The van der Waals surface area contributed by atoms with Gasteiger partial charge in [0.1, 0.15) is 0 Å². The van der Waals surface area contributed by atoms with Crippen LogP contribution in [0, 0.1) is 22.7 Å². The van der Waals surface area contributed by atoms with Crippen molar-refractivity contribution < 1.29 is 16.8 Å². The SMILES string of the molecule is CC(C)CNS(=O)(=O)C[C@]12CC[C@H](C[C@H]1NS(C)(=O)=O)C2(C)C. The lowest BCUT2D eigenvalue weighted by molar-refractivity contribution is 0.133. The Bertz CT molecular complexity index is 655. The molecule has 136 valence electrons. The lowest BCUT2D eigenvalue weighted by Gasteiger charge is -2.42. The average Bonchev–Trinajstić information content (AvgIpc) is 2.68. The fourth-order valence-electron chi connectivity index (χ4n) is 4.53. The minimum absolute atomic E-state index is 0.0105. The lowest BCUT2D eigenvalue weighted by atomic mass is 9.69. The molecular formula is C15H30N2O4S2. The van der Waals surface area contributed by atoms with Gasteiger partial charge >= 0.3 is 0 Å². The minimum atomic E-state index is -3.45. The third-order valence-electron chi connectivity index (χ3n) is 5.95. The van der Waals surface area contributed by atoms with Gasteiger partial charge in [-0.05, 0) is 36.5 Å². The molecule has 2 saturated carbocycles. The third kappa shape index (κ3) is 3.75. The second kappa shape index (κ2) is 5.97. The molecule has 0 aliphatic heterocycles. The van der Waals surface area contributed by atoms with Gasteiger partial charge in [0.2, 0.25) is 20.0 Å². The monoisotopic (exact) mass is 366 g/mol. The summed E-state index contributed by atoms with van der Waals surface area (Å²) in [5.74, 6) is 0.589. The van der Waals surface area contributed by atoms with Gasteiger partial charge in [-0.15, -0.1) is 0 Å². The molecule has 0 spiro atoms. The van der Waals surface area contributed by atoms with Crippen molar-refractivity contribution in [2.24, 2.45) is 22.7 Å². The van der Waals surface area contributed by atoms with Gasteiger partial charge in [-0.25, -0.2) is 26.3 Å². The number of sulfonamides is 2. The fourth-order valence-corrected chi connectivity index (χ4v) is 7.45. The molecule has 2 fully saturated rings. The van der Waals surface area contributed by atoms with Crippen LogP contribution in [0.25, 0.3) is 0 Å². The summed E-state index contributed by atoms with van der Waals surface area (Å²) in [7, 11) is -6.81. The van der Waals surface area contributed by atoms with Crippen LogP contribution in [-0.2, 0) is 20.0 Å². The van der Waals surface area contributed by atoms with Crippen LogP contribution in [0.5, 0.6) is 0 Å². The molecule has 0 aromatic rings. The summed E-state index contributed by atoms with van der Waals surface area (Å²) in [6.45, 7) is 8.51. The van der Waals surface area contributed by atoms with Gasteiger partial charge in [0.25, 0.3) is 0 Å². The van der Waals surface area contributed by atoms with E-state index in [2.05, 4.69) is 23.3 Å². The normalized spacial score (nSPS) is 33.5. The molecule has 2 rings (SSSR count). The van der Waals surface area contributed by atoms with Crippen LogP contribution < -0.4 is 9.44 Å². The number of hydrogen-bond donors (Lipinski definition) is 2. The molecule has 2 bridgehead atoms. The summed E-state index contributed by atoms with van der Waals surface area (Å²) >= 11 is 0. The van der Waals surface area contributed by atoms with E-state index >= 15 is 0 Å². The molecule has 0 radical (unpaired) electrons. The zero-order valence-corrected chi connectivity index (χ0v) is 16.4. The molecule has 0 heterocycles. The summed E-state index contributed by atoms with van der Waals surface area (Å²) < 4.78 is 54.0. The van der Waals surface area contributed by atoms with Crippen molar-refractivity contribution in [3.05, 3.63) is 0 Å². The van der Waals surface area contributed by atoms with Crippen LogP contribution in [0.2, 0.25) is 0 Å². The first-order chi connectivity index (χ1) is 10.3. The standard InChI is InChI=1S/C15H30N2O4S2/c1-11(2)9-16-23(20,21)10-15-7-6-12(14(15,3)4)8-13(15)17-22(5,18)19/h11-13,16-17H,6-10H2,1-5H3/t12-,13-,15-/m1/s1. The van der Waals surface area contributed by atoms with E-state index in [0.717, 1.165) is 25.5 Å². The Hall–Kier alpha value is -0.180. The molecule has 0 aromatic heterocycles. The Morgan fingerprint density at radius 1 is 1.17 bits per heavy atom. The molecule has 2 aliphatic carbocycles. The molecule has 6 nitrogen and oxygen atoms in total. The highest BCUT2D eigenvalue weighted by Gasteiger charge is 2.65. The van der Waals surface area contributed by atoms with Gasteiger partial charge < -0.3 is 0 Å². The van der Waals surface area contributed by atoms with Gasteiger partial charge in [0.15, 0.2) is 0 Å². The Labute approximate surface area is 140 Å². The van der Waals surface area contributed by atoms with Crippen LogP contribution in [0.4, 0.5) is 0 Å². The number of hydrogen-bond acceptors (Lipinski definition) is 4. The summed E-state index contributed by atoms with van der Waals surface area (Å²) in [5, 5.41) is 0. The van der Waals surface area contributed by atoms with Crippen LogP contribution in [0.15, 0.2) is 0 Å². The van der Waals surface area contributed by atoms with Crippen LogP contribution in [0.1, 0.15) is 47.0 Å². The van der Waals surface area contributed by atoms with E-state index in [1.165, 1.54) is 0 Å². The van der Waals surface area contributed by atoms with Gasteiger partial charge in [-0.1, -0.05) is 27.7 Å². The van der Waals surface area contributed by atoms with Crippen LogP contribution >= 0.6 is 0 Å². The van der Waals surface area contributed by atoms with E-state index in [4.69, 9.17) is 0 Å². The van der Waals surface area contributed by atoms with E-state index in [0.29, 0.717) is 12.5 Å².